The molecule has 0 heterocycles. The fraction of sp³-hybridized carbons (Fsp3) is 0.533. The first-order valence-electron chi connectivity index (χ1n) is 6.69. The monoisotopic (exact) mass is 264 g/mol. The summed E-state index contributed by atoms with van der Waals surface area (Å²) < 4.78 is 5.14. The van der Waals surface area contributed by atoms with Crippen molar-refractivity contribution in [2.75, 3.05) is 13.7 Å². The molecule has 0 saturated heterocycles. The fourth-order valence-corrected chi connectivity index (χ4v) is 1.80. The number of ether oxygens (including phenoxy) is 1. The molecule has 1 unspecified atom stereocenters. The molecular formula is C15H24N2O2. The van der Waals surface area contributed by atoms with Gasteiger partial charge in [-0.15, -0.1) is 0 Å². The normalized spacial score (nSPS) is 12.2. The van der Waals surface area contributed by atoms with Crippen molar-refractivity contribution < 1.29 is 9.53 Å². The molecule has 0 spiro atoms. The smallest absolute Gasteiger partial charge is 0.220 e. The standard InChI is InChI=1S/C15H24N2O2/c1-12(9-16)7-8-15(18)17-10-13-5-3-4-6-14(13)11-19-2/h3-6,12H,7-11,16H2,1-2H3,(H,17,18). The highest BCUT2D eigenvalue weighted by atomic mass is 16.5. The third-order valence-electron chi connectivity index (χ3n) is 3.16. The maximum absolute atomic E-state index is 11.7. The third-order valence-corrected chi connectivity index (χ3v) is 3.16. The summed E-state index contributed by atoms with van der Waals surface area (Å²) in [6.45, 7) is 3.80. The summed E-state index contributed by atoms with van der Waals surface area (Å²) >= 11 is 0. The van der Waals surface area contributed by atoms with Crippen molar-refractivity contribution in [2.24, 2.45) is 11.7 Å². The second kappa shape index (κ2) is 8.67. The van der Waals surface area contributed by atoms with E-state index in [9.17, 15) is 4.79 Å². The van der Waals surface area contributed by atoms with Gasteiger partial charge >= 0.3 is 0 Å². The number of benzene rings is 1. The van der Waals surface area contributed by atoms with Crippen LogP contribution in [0.25, 0.3) is 0 Å². The molecule has 0 aliphatic carbocycles. The molecule has 1 aromatic rings. The van der Waals surface area contributed by atoms with E-state index in [-0.39, 0.29) is 5.91 Å². The Kier molecular flexibility index (Phi) is 7.15. The topological polar surface area (TPSA) is 64.3 Å². The highest BCUT2D eigenvalue weighted by molar-refractivity contribution is 5.75. The molecular weight excluding hydrogens is 240 g/mol. The minimum Gasteiger partial charge on any atom is -0.380 e. The molecule has 0 aliphatic heterocycles. The van der Waals surface area contributed by atoms with Crippen LogP contribution in [0.2, 0.25) is 0 Å². The summed E-state index contributed by atoms with van der Waals surface area (Å²) in [4.78, 5) is 11.7. The number of carbonyl (C=O) groups is 1. The van der Waals surface area contributed by atoms with Gasteiger partial charge in [0.05, 0.1) is 6.61 Å². The van der Waals surface area contributed by atoms with E-state index in [0.717, 1.165) is 17.5 Å². The van der Waals surface area contributed by atoms with Crippen LogP contribution in [-0.4, -0.2) is 19.6 Å². The maximum atomic E-state index is 11.7. The van der Waals surface area contributed by atoms with E-state index in [4.69, 9.17) is 10.5 Å². The van der Waals surface area contributed by atoms with Crippen LogP contribution in [0.5, 0.6) is 0 Å². The van der Waals surface area contributed by atoms with Gasteiger partial charge in [-0.3, -0.25) is 4.79 Å². The number of amides is 1. The summed E-state index contributed by atoms with van der Waals surface area (Å²) in [6, 6.07) is 7.97. The van der Waals surface area contributed by atoms with Crippen LogP contribution < -0.4 is 11.1 Å². The van der Waals surface area contributed by atoms with Gasteiger partial charge in [0.2, 0.25) is 5.91 Å². The van der Waals surface area contributed by atoms with E-state index < -0.39 is 0 Å². The quantitative estimate of drug-likeness (QED) is 0.753. The number of nitrogens with one attached hydrogen (secondary N) is 1. The van der Waals surface area contributed by atoms with E-state index in [1.54, 1.807) is 7.11 Å². The van der Waals surface area contributed by atoms with E-state index in [0.29, 0.717) is 32.0 Å². The summed E-state index contributed by atoms with van der Waals surface area (Å²) in [5, 5.41) is 2.94. The SMILES string of the molecule is COCc1ccccc1CNC(=O)CCC(C)CN. The molecule has 0 radical (unpaired) electrons. The van der Waals surface area contributed by atoms with Crippen molar-refractivity contribution in [3.63, 3.8) is 0 Å². The van der Waals surface area contributed by atoms with Gasteiger partial charge in [-0.05, 0) is 30.0 Å². The first-order chi connectivity index (χ1) is 9.17. The van der Waals surface area contributed by atoms with Crippen molar-refractivity contribution >= 4 is 5.91 Å². The zero-order valence-electron chi connectivity index (χ0n) is 11.8. The molecule has 1 amide bonds. The van der Waals surface area contributed by atoms with Gasteiger partial charge in [0.25, 0.3) is 0 Å². The summed E-state index contributed by atoms with van der Waals surface area (Å²) in [6.07, 6.45) is 1.37. The Morgan fingerprint density at radius 3 is 2.68 bits per heavy atom. The van der Waals surface area contributed by atoms with E-state index >= 15 is 0 Å². The van der Waals surface area contributed by atoms with Crippen LogP contribution in [0.3, 0.4) is 0 Å². The number of rotatable bonds is 8. The molecule has 0 aliphatic rings. The number of carbonyl (C=O) groups excluding carboxylic acids is 1. The summed E-state index contributed by atoms with van der Waals surface area (Å²) in [5.41, 5.74) is 7.74. The molecule has 0 fully saturated rings. The molecule has 1 atom stereocenters. The molecule has 0 bridgehead atoms. The molecule has 0 aromatic heterocycles. The Balaban J connectivity index is 2.41. The third kappa shape index (κ3) is 5.85. The second-order valence-electron chi connectivity index (χ2n) is 4.86. The molecule has 4 nitrogen and oxygen atoms in total. The van der Waals surface area contributed by atoms with Crippen LogP contribution in [-0.2, 0) is 22.7 Å². The molecule has 1 rings (SSSR count). The van der Waals surface area contributed by atoms with Gasteiger partial charge in [-0.2, -0.15) is 0 Å². The minimum absolute atomic E-state index is 0.0764. The summed E-state index contributed by atoms with van der Waals surface area (Å²) in [7, 11) is 1.67. The van der Waals surface area contributed by atoms with Gasteiger partial charge in [-0.25, -0.2) is 0 Å². The van der Waals surface area contributed by atoms with Gasteiger partial charge in [0.1, 0.15) is 0 Å². The Labute approximate surface area is 115 Å². The lowest BCUT2D eigenvalue weighted by molar-refractivity contribution is -0.121. The fourth-order valence-electron chi connectivity index (χ4n) is 1.80. The van der Waals surface area contributed by atoms with Crippen molar-refractivity contribution in [3.8, 4) is 0 Å². The van der Waals surface area contributed by atoms with E-state index in [2.05, 4.69) is 12.2 Å². The van der Waals surface area contributed by atoms with E-state index in [1.807, 2.05) is 24.3 Å². The second-order valence-corrected chi connectivity index (χ2v) is 4.86. The summed E-state index contributed by atoms with van der Waals surface area (Å²) in [5.74, 6) is 0.471. The highest BCUT2D eigenvalue weighted by Gasteiger charge is 2.07. The first-order valence-corrected chi connectivity index (χ1v) is 6.69. The Morgan fingerprint density at radius 2 is 2.05 bits per heavy atom. The lowest BCUT2D eigenvalue weighted by Gasteiger charge is -2.11. The lowest BCUT2D eigenvalue weighted by Crippen LogP contribution is -2.24. The first kappa shape index (κ1) is 15.7. The molecule has 4 heteroatoms. The van der Waals surface area contributed by atoms with Crippen LogP contribution in [0, 0.1) is 5.92 Å². The lowest BCUT2D eigenvalue weighted by atomic mass is 10.1. The number of hydrogen-bond acceptors (Lipinski definition) is 3. The predicted molar refractivity (Wildman–Crippen MR) is 76.5 cm³/mol. The average Bonchev–Trinajstić information content (AvgIpc) is 2.44. The Hall–Kier alpha value is -1.39. The van der Waals surface area contributed by atoms with Crippen molar-refractivity contribution in [1.29, 1.82) is 0 Å². The van der Waals surface area contributed by atoms with Crippen LogP contribution in [0.4, 0.5) is 0 Å². The minimum atomic E-state index is 0.0764. The average molecular weight is 264 g/mol. The van der Waals surface area contributed by atoms with Crippen LogP contribution in [0.15, 0.2) is 24.3 Å². The van der Waals surface area contributed by atoms with Crippen LogP contribution >= 0.6 is 0 Å². The predicted octanol–water partition coefficient (Wildman–Crippen LogP) is 1.82. The Morgan fingerprint density at radius 1 is 1.37 bits per heavy atom. The van der Waals surface area contributed by atoms with Gasteiger partial charge in [0.15, 0.2) is 0 Å². The van der Waals surface area contributed by atoms with E-state index in [1.165, 1.54) is 0 Å². The van der Waals surface area contributed by atoms with Gasteiger partial charge in [-0.1, -0.05) is 31.2 Å². The number of methoxy groups -OCH3 is 1. The van der Waals surface area contributed by atoms with Crippen molar-refractivity contribution in [3.05, 3.63) is 35.4 Å². The van der Waals surface area contributed by atoms with Gasteiger partial charge in [0, 0.05) is 20.1 Å². The molecule has 1 aromatic carbocycles. The molecule has 19 heavy (non-hydrogen) atoms. The van der Waals surface area contributed by atoms with Crippen LogP contribution in [0.1, 0.15) is 30.9 Å². The van der Waals surface area contributed by atoms with Crippen molar-refractivity contribution in [2.45, 2.75) is 32.9 Å². The largest absolute Gasteiger partial charge is 0.380 e. The van der Waals surface area contributed by atoms with Gasteiger partial charge < -0.3 is 15.8 Å². The molecule has 0 saturated carbocycles. The maximum Gasteiger partial charge on any atom is 0.220 e. The zero-order valence-corrected chi connectivity index (χ0v) is 11.8. The molecule has 3 N–H and O–H groups in total. The zero-order chi connectivity index (χ0) is 14.1. The highest BCUT2D eigenvalue weighted by Crippen LogP contribution is 2.10. The Bertz CT molecular complexity index is 393. The molecule has 106 valence electrons. The number of nitrogens with two attached hydrogens (primary N) is 1. The van der Waals surface area contributed by atoms with Crippen molar-refractivity contribution in [1.82, 2.24) is 5.32 Å². The number of hydrogen-bond donors (Lipinski definition) is 2.